The monoisotopic (exact) mass is 321 g/mol. The number of carbonyl (C=O) groups is 2. The van der Waals surface area contributed by atoms with Crippen LogP contribution in [0.5, 0.6) is 0 Å². The van der Waals surface area contributed by atoms with Crippen molar-refractivity contribution in [1.29, 1.82) is 0 Å². The van der Waals surface area contributed by atoms with Crippen LogP contribution in [-0.4, -0.2) is 32.7 Å². The number of carboxylic acids is 1. The van der Waals surface area contributed by atoms with Gasteiger partial charge < -0.3 is 5.11 Å². The average Bonchev–Trinajstić information content (AvgIpc) is 2.63. The lowest BCUT2D eigenvalue weighted by molar-refractivity contribution is -0.140. The average molecular weight is 321 g/mol. The molecule has 1 saturated heterocycles. The van der Waals surface area contributed by atoms with Crippen LogP contribution in [0.4, 0.5) is 0 Å². The quantitative estimate of drug-likeness (QED) is 0.685. The molecule has 0 radical (unpaired) electrons. The van der Waals surface area contributed by atoms with E-state index in [0.717, 1.165) is 33.4 Å². The maximum atomic E-state index is 12.2. The number of amides is 1. The number of aryl methyl sites for hydroxylation is 3. The normalized spacial score (nSPS) is 16.9. The zero-order valence-corrected chi connectivity index (χ0v) is 13.6. The number of carbonyl (C=O) groups excluding carboxylic acids is 1. The highest BCUT2D eigenvalue weighted by Crippen LogP contribution is 2.33. The molecule has 0 aliphatic carbocycles. The largest absolute Gasteiger partial charge is 0.480 e. The zero-order valence-electron chi connectivity index (χ0n) is 12.0. The number of nitrogens with zero attached hydrogens (tertiary/aromatic N) is 1. The summed E-state index contributed by atoms with van der Waals surface area (Å²) in [6.45, 7) is 5.64. The number of carboxylic acid groups (broad SMARTS) is 1. The number of benzene rings is 1. The number of aliphatic carboxylic acids is 1. The third kappa shape index (κ3) is 3.33. The molecular weight excluding hydrogens is 306 g/mol. The second-order valence-electron chi connectivity index (χ2n) is 4.95. The van der Waals surface area contributed by atoms with Gasteiger partial charge in [-0.3, -0.25) is 14.5 Å². The molecule has 1 aliphatic heterocycles. The number of rotatable bonds is 3. The molecule has 1 aliphatic rings. The molecule has 1 amide bonds. The van der Waals surface area contributed by atoms with Crippen molar-refractivity contribution >= 4 is 46.3 Å². The molecule has 1 heterocycles. The highest BCUT2D eigenvalue weighted by atomic mass is 32.2. The number of thioether (sulfide) groups is 1. The smallest absolute Gasteiger partial charge is 0.323 e. The Bertz CT molecular complexity index is 680. The highest BCUT2D eigenvalue weighted by Gasteiger charge is 2.33. The summed E-state index contributed by atoms with van der Waals surface area (Å²) in [6, 6.07) is 4.09. The van der Waals surface area contributed by atoms with Gasteiger partial charge in [-0.2, -0.15) is 0 Å². The molecule has 0 bridgehead atoms. The van der Waals surface area contributed by atoms with Crippen molar-refractivity contribution in [2.75, 3.05) is 6.54 Å². The first-order valence-electron chi connectivity index (χ1n) is 6.34. The predicted molar refractivity (Wildman–Crippen MR) is 88.2 cm³/mol. The van der Waals surface area contributed by atoms with Gasteiger partial charge in [0.1, 0.15) is 10.9 Å². The predicted octanol–water partition coefficient (Wildman–Crippen LogP) is 2.90. The molecule has 0 spiro atoms. The van der Waals surface area contributed by atoms with E-state index in [2.05, 4.69) is 6.07 Å². The first-order chi connectivity index (χ1) is 9.79. The minimum absolute atomic E-state index is 0.287. The second-order valence-corrected chi connectivity index (χ2v) is 6.63. The highest BCUT2D eigenvalue weighted by molar-refractivity contribution is 8.26. The fourth-order valence-corrected chi connectivity index (χ4v) is 3.30. The summed E-state index contributed by atoms with van der Waals surface area (Å²) in [5.41, 5.74) is 4.37. The molecule has 0 saturated carbocycles. The second kappa shape index (κ2) is 5.99. The molecule has 0 aromatic heterocycles. The lowest BCUT2D eigenvalue weighted by Gasteiger charge is -2.10. The van der Waals surface area contributed by atoms with Crippen molar-refractivity contribution in [3.63, 3.8) is 0 Å². The third-order valence-electron chi connectivity index (χ3n) is 3.34. The molecule has 1 aromatic rings. The van der Waals surface area contributed by atoms with Gasteiger partial charge in [-0.25, -0.2) is 0 Å². The lowest BCUT2D eigenvalue weighted by Crippen LogP contribution is -2.33. The molecule has 21 heavy (non-hydrogen) atoms. The van der Waals surface area contributed by atoms with Crippen LogP contribution in [0.15, 0.2) is 17.0 Å². The van der Waals surface area contributed by atoms with Crippen LogP contribution >= 0.6 is 24.0 Å². The summed E-state index contributed by atoms with van der Waals surface area (Å²) in [5.74, 6) is -1.42. The van der Waals surface area contributed by atoms with Crippen LogP contribution in [0.3, 0.4) is 0 Å². The van der Waals surface area contributed by atoms with Gasteiger partial charge in [0.15, 0.2) is 0 Å². The Kier molecular flexibility index (Phi) is 4.49. The summed E-state index contributed by atoms with van der Waals surface area (Å²) < 4.78 is 0.287. The van der Waals surface area contributed by atoms with Gasteiger partial charge in [0.2, 0.25) is 0 Å². The summed E-state index contributed by atoms with van der Waals surface area (Å²) in [7, 11) is 0. The van der Waals surface area contributed by atoms with Crippen LogP contribution in [0.2, 0.25) is 0 Å². The van der Waals surface area contributed by atoms with Gasteiger partial charge in [0.05, 0.1) is 4.91 Å². The van der Waals surface area contributed by atoms with E-state index in [1.807, 2.05) is 26.8 Å². The first-order valence-corrected chi connectivity index (χ1v) is 7.57. The van der Waals surface area contributed by atoms with Crippen molar-refractivity contribution in [3.05, 3.63) is 39.3 Å². The lowest BCUT2D eigenvalue weighted by atomic mass is 10.0. The molecule has 1 aromatic carbocycles. The van der Waals surface area contributed by atoms with Gasteiger partial charge in [-0.1, -0.05) is 36.1 Å². The van der Waals surface area contributed by atoms with Crippen LogP contribution < -0.4 is 0 Å². The Morgan fingerprint density at radius 1 is 1.29 bits per heavy atom. The summed E-state index contributed by atoms with van der Waals surface area (Å²) in [4.78, 5) is 24.6. The van der Waals surface area contributed by atoms with Gasteiger partial charge >= 0.3 is 5.97 Å². The topological polar surface area (TPSA) is 57.6 Å². The van der Waals surface area contributed by atoms with E-state index >= 15 is 0 Å². The Morgan fingerprint density at radius 2 is 1.90 bits per heavy atom. The van der Waals surface area contributed by atoms with Gasteiger partial charge in [0, 0.05) is 0 Å². The van der Waals surface area contributed by atoms with Crippen LogP contribution in [0, 0.1) is 20.8 Å². The zero-order chi connectivity index (χ0) is 15.7. The number of hydrogen-bond acceptors (Lipinski definition) is 4. The van der Waals surface area contributed by atoms with Gasteiger partial charge in [-0.05, 0) is 49.1 Å². The van der Waals surface area contributed by atoms with Gasteiger partial charge in [0.25, 0.3) is 5.91 Å². The van der Waals surface area contributed by atoms with Crippen molar-refractivity contribution in [2.45, 2.75) is 20.8 Å². The maximum absolute atomic E-state index is 12.2. The van der Waals surface area contributed by atoms with Crippen LogP contribution in [0.25, 0.3) is 6.08 Å². The summed E-state index contributed by atoms with van der Waals surface area (Å²) >= 11 is 6.22. The van der Waals surface area contributed by atoms with Crippen molar-refractivity contribution in [1.82, 2.24) is 4.90 Å². The standard InChI is InChI=1S/C15H15NO3S2/c1-8-4-10(3)11(5-9(8)2)6-12-14(19)16(7-13(17)18)15(20)21-12/h4-6H,7H2,1-3H3,(H,17,18)/b12-6+. The minimum atomic E-state index is -1.07. The third-order valence-corrected chi connectivity index (χ3v) is 4.71. The molecular formula is C15H15NO3S2. The van der Waals surface area contributed by atoms with Crippen molar-refractivity contribution in [2.24, 2.45) is 0 Å². The Hall–Kier alpha value is -1.66. The molecule has 1 fully saturated rings. The van der Waals surface area contributed by atoms with E-state index in [9.17, 15) is 9.59 Å². The van der Waals surface area contributed by atoms with Crippen LogP contribution in [-0.2, 0) is 9.59 Å². The molecule has 0 atom stereocenters. The SMILES string of the molecule is Cc1cc(C)c(/C=C2/SC(=S)N(CC(=O)O)C2=O)cc1C. The Labute approximate surface area is 132 Å². The fraction of sp³-hybridized carbons (Fsp3) is 0.267. The molecule has 110 valence electrons. The molecule has 1 N–H and O–H groups in total. The van der Waals surface area contributed by atoms with E-state index < -0.39 is 12.5 Å². The maximum Gasteiger partial charge on any atom is 0.323 e. The number of hydrogen-bond donors (Lipinski definition) is 1. The molecule has 0 unspecified atom stereocenters. The molecule has 6 heteroatoms. The van der Waals surface area contributed by atoms with E-state index in [1.165, 1.54) is 5.56 Å². The molecule has 2 rings (SSSR count). The van der Waals surface area contributed by atoms with E-state index in [1.54, 1.807) is 6.08 Å². The van der Waals surface area contributed by atoms with E-state index in [4.69, 9.17) is 17.3 Å². The van der Waals surface area contributed by atoms with Crippen molar-refractivity contribution in [3.8, 4) is 0 Å². The van der Waals surface area contributed by atoms with Crippen molar-refractivity contribution < 1.29 is 14.7 Å². The summed E-state index contributed by atoms with van der Waals surface area (Å²) in [5, 5.41) is 8.81. The van der Waals surface area contributed by atoms with E-state index in [-0.39, 0.29) is 10.2 Å². The number of thiocarbonyl (C=S) groups is 1. The first kappa shape index (κ1) is 15.7. The minimum Gasteiger partial charge on any atom is -0.480 e. The Morgan fingerprint density at radius 3 is 2.52 bits per heavy atom. The fourth-order valence-electron chi connectivity index (χ4n) is 2.05. The Balaban J connectivity index is 2.35. The summed E-state index contributed by atoms with van der Waals surface area (Å²) in [6.07, 6.45) is 1.78. The van der Waals surface area contributed by atoms with E-state index in [0.29, 0.717) is 4.91 Å². The van der Waals surface area contributed by atoms with Crippen LogP contribution in [0.1, 0.15) is 22.3 Å². The molecule has 4 nitrogen and oxygen atoms in total. The van der Waals surface area contributed by atoms with Gasteiger partial charge in [-0.15, -0.1) is 0 Å².